The largest absolute Gasteiger partial charge is 0.374 e. The van der Waals surface area contributed by atoms with Gasteiger partial charge in [-0.1, -0.05) is 69.3 Å². The Morgan fingerprint density at radius 2 is 1.64 bits per heavy atom. The van der Waals surface area contributed by atoms with E-state index in [0.29, 0.717) is 31.8 Å². The Hall–Kier alpha value is -5.39. The van der Waals surface area contributed by atoms with Crippen LogP contribution in [0, 0.1) is 12.3 Å². The highest BCUT2D eigenvalue weighted by atomic mass is 16.2. The summed E-state index contributed by atoms with van der Waals surface area (Å²) in [6.45, 7) is 15.5. The first-order valence-electron chi connectivity index (χ1n) is 20.7. The van der Waals surface area contributed by atoms with E-state index in [1.165, 1.54) is 11.1 Å². The van der Waals surface area contributed by atoms with Crippen LogP contribution in [0.25, 0.3) is 27.9 Å². The summed E-state index contributed by atoms with van der Waals surface area (Å²) in [5.41, 5.74) is 11.1. The van der Waals surface area contributed by atoms with Crippen molar-refractivity contribution in [1.82, 2.24) is 34.6 Å². The maximum atomic E-state index is 13.0. The van der Waals surface area contributed by atoms with Crippen LogP contribution in [-0.4, -0.2) is 99.8 Å². The number of piperazine rings is 1. The molecule has 304 valence electrons. The van der Waals surface area contributed by atoms with Crippen molar-refractivity contribution in [1.29, 1.82) is 0 Å². The number of aldehydes is 1. The van der Waals surface area contributed by atoms with E-state index in [0.717, 1.165) is 103 Å². The Bertz CT molecular complexity index is 2200. The van der Waals surface area contributed by atoms with Gasteiger partial charge in [-0.05, 0) is 103 Å². The summed E-state index contributed by atoms with van der Waals surface area (Å²) < 4.78 is 1.91. The zero-order valence-electron chi connectivity index (χ0n) is 34.7. The second kappa shape index (κ2) is 18.0. The zero-order valence-corrected chi connectivity index (χ0v) is 34.7. The summed E-state index contributed by atoms with van der Waals surface area (Å²) in [7, 11) is 1.62. The van der Waals surface area contributed by atoms with Crippen molar-refractivity contribution < 1.29 is 14.4 Å². The van der Waals surface area contributed by atoms with Crippen LogP contribution < -0.4 is 10.6 Å². The smallest absolute Gasteiger partial charge is 0.242 e. The van der Waals surface area contributed by atoms with Gasteiger partial charge >= 0.3 is 0 Å². The van der Waals surface area contributed by atoms with Gasteiger partial charge < -0.3 is 20.3 Å². The number of nitrogens with zero attached hydrogens (tertiary/aromatic N) is 6. The van der Waals surface area contributed by atoms with Gasteiger partial charge in [0, 0.05) is 69.2 Å². The Morgan fingerprint density at radius 3 is 2.31 bits per heavy atom. The van der Waals surface area contributed by atoms with E-state index < -0.39 is 6.04 Å². The fraction of sp³-hybridized carbons (Fsp3) is 0.426. The summed E-state index contributed by atoms with van der Waals surface area (Å²) in [5, 5.41) is 10.5. The minimum atomic E-state index is -0.431. The summed E-state index contributed by atoms with van der Waals surface area (Å²) in [6.07, 6.45) is 7.55. The first-order chi connectivity index (χ1) is 28.0. The molecule has 2 saturated heterocycles. The van der Waals surface area contributed by atoms with Crippen molar-refractivity contribution >= 4 is 29.3 Å². The molecular formula is C47H58N8O3. The van der Waals surface area contributed by atoms with Crippen molar-refractivity contribution in [3.05, 3.63) is 108 Å². The monoisotopic (exact) mass is 782 g/mol. The third-order valence-electron chi connectivity index (χ3n) is 11.6. The van der Waals surface area contributed by atoms with Crippen LogP contribution in [0.15, 0.2) is 85.3 Å². The number of anilines is 1. The van der Waals surface area contributed by atoms with Crippen LogP contribution in [0.3, 0.4) is 0 Å². The maximum absolute atomic E-state index is 13.0. The fourth-order valence-corrected chi connectivity index (χ4v) is 8.48. The molecule has 1 atom stereocenters. The van der Waals surface area contributed by atoms with Crippen LogP contribution in [-0.2, 0) is 27.5 Å². The van der Waals surface area contributed by atoms with Crippen LogP contribution in [0.4, 0.5) is 5.69 Å². The Morgan fingerprint density at radius 1 is 0.897 bits per heavy atom. The number of likely N-dealkylation sites (tertiary alicyclic amines) is 1. The molecule has 2 N–H and O–H groups in total. The number of aryl methyl sites for hydroxylation is 1. The van der Waals surface area contributed by atoms with Gasteiger partial charge in [0.05, 0.1) is 17.8 Å². The normalized spacial score (nSPS) is 16.4. The molecule has 7 rings (SSSR count). The number of rotatable bonds is 14. The highest BCUT2D eigenvalue weighted by molar-refractivity contribution is 5.85. The van der Waals surface area contributed by atoms with Gasteiger partial charge in [-0.3, -0.25) is 19.4 Å². The lowest BCUT2D eigenvalue weighted by Gasteiger charge is -2.37. The highest BCUT2D eigenvalue weighted by Crippen LogP contribution is 2.32. The van der Waals surface area contributed by atoms with Crippen molar-refractivity contribution in [3.8, 4) is 22.4 Å². The first-order valence-corrected chi connectivity index (χ1v) is 20.7. The molecule has 58 heavy (non-hydrogen) atoms. The standard InChI is InChI=1S/C47H58N8O3/c1-33-25-38(12-13-39(33)28-54-23-22-53(30-44(54)57)31-47(2,3)4)45-43-26-40(29-55(43)50-32-49-45)36-10-8-34(9-11-36)27-52-20-18-37(19-21-52)35-14-16-41(17-15-35)51-42(7-6-24-56)46(58)48-5/h8-17,24-26,29,32,37,42,51H,6-7,18-23,27-28,30-31H2,1-5H3,(H,48,58). The average molecular weight is 783 g/mol. The molecule has 5 aromatic rings. The van der Waals surface area contributed by atoms with E-state index in [2.05, 4.69) is 120 Å². The number of aromatic nitrogens is 3. The quantitative estimate of drug-likeness (QED) is 0.117. The zero-order chi connectivity index (χ0) is 40.8. The molecule has 11 nitrogen and oxygen atoms in total. The second-order valence-corrected chi connectivity index (χ2v) is 17.3. The Balaban J connectivity index is 0.936. The molecule has 0 aliphatic carbocycles. The predicted molar refractivity (Wildman–Crippen MR) is 230 cm³/mol. The van der Waals surface area contributed by atoms with Crippen molar-refractivity contribution in [2.24, 2.45) is 5.41 Å². The summed E-state index contributed by atoms with van der Waals surface area (Å²) in [4.78, 5) is 47.7. The van der Waals surface area contributed by atoms with E-state index in [1.807, 2.05) is 21.5 Å². The SMILES string of the molecule is CNC(=O)C(CCC=O)Nc1ccc(C2CCN(Cc3ccc(-c4cc5c(-c6ccc(CN7CCN(CC(C)(C)C)CC7=O)c(C)c6)ncnn5c4)cc3)CC2)cc1. The topological polar surface area (TPSA) is 115 Å². The number of carbonyl (C=O) groups excluding carboxylic acids is 3. The number of piperidine rings is 1. The van der Waals surface area contributed by atoms with Crippen LogP contribution >= 0.6 is 0 Å². The van der Waals surface area contributed by atoms with E-state index >= 15 is 0 Å². The first kappa shape index (κ1) is 40.8. The Kier molecular flexibility index (Phi) is 12.7. The lowest BCUT2D eigenvalue weighted by atomic mass is 9.89. The van der Waals surface area contributed by atoms with E-state index in [1.54, 1.807) is 13.4 Å². The summed E-state index contributed by atoms with van der Waals surface area (Å²) in [5.74, 6) is 0.589. The molecular weight excluding hydrogens is 725 g/mol. The highest BCUT2D eigenvalue weighted by Gasteiger charge is 2.27. The van der Waals surface area contributed by atoms with Crippen molar-refractivity contribution in [3.63, 3.8) is 0 Å². The third-order valence-corrected chi connectivity index (χ3v) is 11.6. The summed E-state index contributed by atoms with van der Waals surface area (Å²) >= 11 is 0. The number of hydrogen-bond acceptors (Lipinski definition) is 8. The minimum absolute atomic E-state index is 0.114. The lowest BCUT2D eigenvalue weighted by molar-refractivity contribution is -0.137. The van der Waals surface area contributed by atoms with Gasteiger partial charge in [0.25, 0.3) is 0 Å². The molecule has 3 aromatic carbocycles. The third kappa shape index (κ3) is 10.00. The van der Waals surface area contributed by atoms with E-state index in [9.17, 15) is 14.4 Å². The molecule has 2 amide bonds. The fourth-order valence-electron chi connectivity index (χ4n) is 8.48. The molecule has 4 heterocycles. The average Bonchev–Trinajstić information content (AvgIpc) is 3.66. The van der Waals surface area contributed by atoms with Crippen LogP contribution in [0.2, 0.25) is 0 Å². The van der Waals surface area contributed by atoms with Gasteiger partial charge in [-0.15, -0.1) is 0 Å². The maximum Gasteiger partial charge on any atom is 0.242 e. The molecule has 2 fully saturated rings. The molecule has 11 heteroatoms. The number of nitrogens with one attached hydrogen (secondary N) is 2. The molecule has 2 aliphatic heterocycles. The van der Waals surface area contributed by atoms with Gasteiger partial charge in [0.15, 0.2) is 0 Å². The number of amides is 2. The molecule has 0 saturated carbocycles. The van der Waals surface area contributed by atoms with E-state index in [-0.39, 0.29) is 17.2 Å². The van der Waals surface area contributed by atoms with Crippen molar-refractivity contribution in [2.75, 3.05) is 51.6 Å². The number of hydrogen-bond donors (Lipinski definition) is 2. The molecule has 0 radical (unpaired) electrons. The van der Waals surface area contributed by atoms with E-state index in [4.69, 9.17) is 4.98 Å². The predicted octanol–water partition coefficient (Wildman–Crippen LogP) is 6.95. The summed E-state index contributed by atoms with van der Waals surface area (Å²) in [6, 6.07) is 25.5. The number of carbonyl (C=O) groups is 3. The van der Waals surface area contributed by atoms with Crippen molar-refractivity contribution in [2.45, 2.75) is 78.4 Å². The van der Waals surface area contributed by atoms with Gasteiger partial charge in [0.1, 0.15) is 18.7 Å². The Labute approximate surface area is 342 Å². The number of likely N-dealkylation sites (N-methyl/N-ethyl adjacent to an activating group) is 1. The van der Waals surface area contributed by atoms with Crippen LogP contribution in [0.5, 0.6) is 0 Å². The second-order valence-electron chi connectivity index (χ2n) is 17.3. The minimum Gasteiger partial charge on any atom is -0.374 e. The molecule has 2 aromatic heterocycles. The molecule has 0 spiro atoms. The molecule has 0 bridgehead atoms. The molecule has 1 unspecified atom stereocenters. The lowest BCUT2D eigenvalue weighted by Crippen LogP contribution is -2.51. The number of fused-ring (bicyclic) bond motifs is 1. The van der Waals surface area contributed by atoms with Gasteiger partial charge in [-0.2, -0.15) is 5.10 Å². The van der Waals surface area contributed by atoms with Gasteiger partial charge in [0.2, 0.25) is 11.8 Å². The number of benzene rings is 3. The van der Waals surface area contributed by atoms with Crippen LogP contribution in [0.1, 0.15) is 74.6 Å². The molecule has 2 aliphatic rings. The van der Waals surface area contributed by atoms with Gasteiger partial charge in [-0.25, -0.2) is 9.50 Å².